The van der Waals surface area contributed by atoms with Crippen LogP contribution in [0.5, 0.6) is 0 Å². The highest BCUT2D eigenvalue weighted by Crippen LogP contribution is 2.45. The van der Waals surface area contributed by atoms with Crippen LogP contribution in [0.4, 0.5) is 11.4 Å². The van der Waals surface area contributed by atoms with Crippen molar-refractivity contribution in [1.29, 1.82) is 5.26 Å². The Morgan fingerprint density at radius 1 is 1.08 bits per heavy atom. The summed E-state index contributed by atoms with van der Waals surface area (Å²) in [5, 5.41) is 13.1. The van der Waals surface area contributed by atoms with Crippen molar-refractivity contribution in [3.05, 3.63) is 82.3 Å². The van der Waals surface area contributed by atoms with Gasteiger partial charge in [0.05, 0.1) is 48.7 Å². The van der Waals surface area contributed by atoms with Crippen molar-refractivity contribution in [3.63, 3.8) is 0 Å². The minimum absolute atomic E-state index is 0.0454. The predicted octanol–water partition coefficient (Wildman–Crippen LogP) is 4.02. The molecule has 1 heterocycles. The molecule has 1 atom stereocenters. The summed E-state index contributed by atoms with van der Waals surface area (Å²) < 4.78 is 10.1. The Balaban J connectivity index is 2.36. The molecule has 3 rings (SSSR count). The highest BCUT2D eigenvalue weighted by Gasteiger charge is 2.43. The molecular weight excluding hydrogens is 472 g/mol. The number of allylic oxidation sites excluding steroid dienone is 1. The summed E-state index contributed by atoms with van der Waals surface area (Å²) >= 11 is 0. The number of hydrogen-bond acceptors (Lipinski definition) is 8. The lowest BCUT2D eigenvalue weighted by molar-refractivity contribution is -0.139. The maximum Gasteiger partial charge on any atom is 0.355 e. The predicted molar refractivity (Wildman–Crippen MR) is 139 cm³/mol. The number of benzene rings is 2. The fourth-order valence-electron chi connectivity index (χ4n) is 4.25. The van der Waals surface area contributed by atoms with Crippen LogP contribution in [0.3, 0.4) is 0 Å². The highest BCUT2D eigenvalue weighted by atomic mass is 16.5. The largest absolute Gasteiger partial charge is 0.466 e. The molecule has 0 radical (unpaired) electrons. The molecule has 0 saturated heterocycles. The van der Waals surface area contributed by atoms with E-state index < -0.39 is 17.9 Å². The Labute approximate surface area is 216 Å². The smallest absolute Gasteiger partial charge is 0.355 e. The third kappa shape index (κ3) is 5.48. The van der Waals surface area contributed by atoms with Gasteiger partial charge in [0.1, 0.15) is 11.5 Å². The van der Waals surface area contributed by atoms with E-state index >= 15 is 0 Å². The lowest BCUT2D eigenvalue weighted by Gasteiger charge is -2.36. The lowest BCUT2D eigenvalue weighted by Crippen LogP contribution is -2.41. The maximum atomic E-state index is 13.3. The van der Waals surface area contributed by atoms with Gasteiger partial charge in [-0.05, 0) is 36.6 Å². The zero-order valence-corrected chi connectivity index (χ0v) is 21.3. The number of hydrogen-bond donors (Lipinski definition) is 2. The van der Waals surface area contributed by atoms with E-state index in [0.29, 0.717) is 29.8 Å². The molecule has 37 heavy (non-hydrogen) atoms. The number of esters is 2. The Bertz CT molecular complexity index is 1310. The fourth-order valence-corrected chi connectivity index (χ4v) is 4.25. The summed E-state index contributed by atoms with van der Waals surface area (Å²) in [6, 6.07) is 16.1. The van der Waals surface area contributed by atoms with Crippen LogP contribution in [-0.2, 0) is 23.9 Å². The minimum Gasteiger partial charge on any atom is -0.466 e. The second kappa shape index (κ2) is 11.9. The van der Waals surface area contributed by atoms with Crippen molar-refractivity contribution < 1.29 is 23.9 Å². The average molecular weight is 503 g/mol. The van der Waals surface area contributed by atoms with E-state index in [1.54, 1.807) is 48.5 Å². The van der Waals surface area contributed by atoms with Gasteiger partial charge < -0.3 is 20.5 Å². The third-order valence-electron chi connectivity index (χ3n) is 6.04. The number of nitrogens with two attached hydrogens (primary N) is 1. The van der Waals surface area contributed by atoms with Crippen molar-refractivity contribution in [2.24, 2.45) is 5.73 Å². The van der Waals surface area contributed by atoms with Crippen LogP contribution < -0.4 is 16.0 Å². The molecule has 0 bridgehead atoms. The number of rotatable bonds is 8. The van der Waals surface area contributed by atoms with Crippen LogP contribution in [0.2, 0.25) is 0 Å². The summed E-state index contributed by atoms with van der Waals surface area (Å²) in [5.74, 6) is -2.94. The average Bonchev–Trinajstić information content (AvgIpc) is 2.91. The van der Waals surface area contributed by atoms with Crippen LogP contribution in [0.25, 0.3) is 0 Å². The van der Waals surface area contributed by atoms with Gasteiger partial charge in [-0.3, -0.25) is 9.69 Å². The van der Waals surface area contributed by atoms with Crippen LogP contribution in [-0.4, -0.2) is 32.1 Å². The number of ether oxygens (including phenoxy) is 2. The molecule has 9 heteroatoms. The van der Waals surface area contributed by atoms with Gasteiger partial charge in [-0.25, -0.2) is 9.59 Å². The summed E-state index contributed by atoms with van der Waals surface area (Å²) in [5.41, 5.74) is 8.36. The summed E-state index contributed by atoms with van der Waals surface area (Å²) in [6.07, 6.45) is 1.86. The summed E-state index contributed by atoms with van der Waals surface area (Å²) in [4.78, 5) is 40.4. The second-order valence-corrected chi connectivity index (χ2v) is 8.51. The maximum absolute atomic E-state index is 13.3. The van der Waals surface area contributed by atoms with Gasteiger partial charge in [-0.2, -0.15) is 5.26 Å². The Morgan fingerprint density at radius 2 is 1.76 bits per heavy atom. The van der Waals surface area contributed by atoms with Crippen molar-refractivity contribution in [3.8, 4) is 6.07 Å². The molecule has 0 aliphatic carbocycles. The van der Waals surface area contributed by atoms with Crippen LogP contribution in [0.1, 0.15) is 43.2 Å². The van der Waals surface area contributed by atoms with Gasteiger partial charge in [0, 0.05) is 6.42 Å². The molecule has 0 aromatic heterocycles. The number of nitriles is 1. The number of unbranched alkanes of at least 4 members (excludes halogenated alkanes) is 1. The van der Waals surface area contributed by atoms with E-state index in [0.717, 1.165) is 12.0 Å². The number of methoxy groups -OCH3 is 2. The number of nitrogens with one attached hydrogen (secondary N) is 1. The molecule has 2 aromatic carbocycles. The standard InChI is InChI=1S/C28H30N4O5/c1-5-6-12-22(33)31-20-14-13-17(2)15-21(20)32-25(28(35)37-4)24(27(34)36-3)23(19(16-29)26(32)30)18-10-8-7-9-11-18/h7-11,13-15,23H,5-6,12,30H2,1-4H3,(H,31,33). The van der Waals surface area contributed by atoms with E-state index in [-0.39, 0.29) is 28.6 Å². The van der Waals surface area contributed by atoms with Gasteiger partial charge in [0.2, 0.25) is 5.91 Å². The Kier molecular flexibility index (Phi) is 8.69. The molecule has 1 aliphatic rings. The van der Waals surface area contributed by atoms with Gasteiger partial charge in [0.25, 0.3) is 0 Å². The monoisotopic (exact) mass is 502 g/mol. The van der Waals surface area contributed by atoms with E-state index in [2.05, 4.69) is 11.4 Å². The minimum atomic E-state index is -0.976. The zero-order valence-electron chi connectivity index (χ0n) is 21.3. The first kappa shape index (κ1) is 27.0. The molecule has 1 unspecified atom stereocenters. The SMILES string of the molecule is CCCCC(=O)Nc1ccc(C)cc1N1C(N)=C(C#N)C(c2ccccc2)C(C(=O)OC)=C1C(=O)OC. The third-order valence-corrected chi connectivity index (χ3v) is 6.04. The van der Waals surface area contributed by atoms with Gasteiger partial charge in [0.15, 0.2) is 0 Å². The molecule has 9 nitrogen and oxygen atoms in total. The first-order valence-corrected chi connectivity index (χ1v) is 11.8. The molecule has 0 fully saturated rings. The molecule has 3 N–H and O–H groups in total. The number of carbonyl (C=O) groups is 3. The normalized spacial score (nSPS) is 15.2. The Morgan fingerprint density at radius 3 is 2.35 bits per heavy atom. The van der Waals surface area contributed by atoms with Crippen LogP contribution >= 0.6 is 0 Å². The lowest BCUT2D eigenvalue weighted by atomic mass is 9.81. The van der Waals surface area contributed by atoms with Crippen molar-refractivity contribution in [1.82, 2.24) is 0 Å². The van der Waals surface area contributed by atoms with Gasteiger partial charge in [-0.15, -0.1) is 0 Å². The van der Waals surface area contributed by atoms with E-state index in [1.807, 2.05) is 13.8 Å². The van der Waals surface area contributed by atoms with E-state index in [9.17, 15) is 19.6 Å². The molecule has 1 aliphatic heterocycles. The first-order chi connectivity index (χ1) is 17.8. The fraction of sp³-hybridized carbons (Fsp3) is 0.286. The van der Waals surface area contributed by atoms with E-state index in [4.69, 9.17) is 15.2 Å². The Hall–Kier alpha value is -4.58. The molecule has 0 spiro atoms. The summed E-state index contributed by atoms with van der Waals surface area (Å²) in [6.45, 7) is 3.81. The number of nitrogens with zero attached hydrogens (tertiary/aromatic N) is 2. The van der Waals surface area contributed by atoms with E-state index in [1.165, 1.54) is 19.1 Å². The molecule has 0 saturated carbocycles. The quantitative estimate of drug-likeness (QED) is 0.517. The summed E-state index contributed by atoms with van der Waals surface area (Å²) in [7, 11) is 2.37. The van der Waals surface area contributed by atoms with Crippen molar-refractivity contribution >= 4 is 29.2 Å². The second-order valence-electron chi connectivity index (χ2n) is 8.51. The first-order valence-electron chi connectivity index (χ1n) is 11.8. The molecular formula is C28H30N4O5. The van der Waals surface area contributed by atoms with Crippen molar-refractivity contribution in [2.75, 3.05) is 24.4 Å². The topological polar surface area (TPSA) is 135 Å². The zero-order chi connectivity index (χ0) is 27.1. The molecule has 192 valence electrons. The van der Waals surface area contributed by atoms with Crippen LogP contribution in [0.15, 0.2) is 71.2 Å². The van der Waals surface area contributed by atoms with Crippen LogP contribution in [0, 0.1) is 18.3 Å². The van der Waals surface area contributed by atoms with Gasteiger partial charge in [-0.1, -0.05) is 49.7 Å². The highest BCUT2D eigenvalue weighted by molar-refractivity contribution is 6.07. The number of anilines is 2. The van der Waals surface area contributed by atoms with Crippen molar-refractivity contribution in [2.45, 2.75) is 39.0 Å². The number of amides is 1. The number of aryl methyl sites for hydroxylation is 1. The van der Waals surface area contributed by atoms with Gasteiger partial charge >= 0.3 is 11.9 Å². The number of carbonyl (C=O) groups excluding carboxylic acids is 3. The molecule has 1 amide bonds. The molecule has 2 aromatic rings.